The van der Waals surface area contributed by atoms with Crippen molar-refractivity contribution in [1.29, 1.82) is 0 Å². The Morgan fingerprint density at radius 2 is 2.12 bits per heavy atom. The number of aromatic amines is 1. The second-order valence-electron chi connectivity index (χ2n) is 5.83. The van der Waals surface area contributed by atoms with Gasteiger partial charge in [-0.2, -0.15) is 0 Å². The van der Waals surface area contributed by atoms with E-state index in [1.54, 1.807) is 23.6 Å². The number of hydrazine groups is 1. The highest BCUT2D eigenvalue weighted by molar-refractivity contribution is 7.13. The highest BCUT2D eigenvalue weighted by Gasteiger charge is 2.25. The molecule has 25 heavy (non-hydrogen) atoms. The van der Waals surface area contributed by atoms with Gasteiger partial charge in [0, 0.05) is 28.7 Å². The molecule has 1 unspecified atom stereocenters. The van der Waals surface area contributed by atoms with Gasteiger partial charge in [-0.05, 0) is 31.6 Å². The van der Waals surface area contributed by atoms with Gasteiger partial charge in [-0.15, -0.1) is 11.3 Å². The van der Waals surface area contributed by atoms with Crippen molar-refractivity contribution in [3.8, 4) is 10.8 Å². The number of rotatable bonds is 4. The van der Waals surface area contributed by atoms with Crippen molar-refractivity contribution < 1.29 is 0 Å². The fourth-order valence-electron chi connectivity index (χ4n) is 2.26. The monoisotopic (exact) mass is 358 g/mol. The molecular formula is C18H26N6S. The zero-order valence-electron chi connectivity index (χ0n) is 15.2. The number of aromatic nitrogens is 3. The molecule has 0 spiro atoms. The Balaban J connectivity index is 0.000000701. The van der Waals surface area contributed by atoms with Crippen molar-refractivity contribution in [2.45, 2.75) is 40.2 Å². The quantitative estimate of drug-likeness (QED) is 0.625. The number of hydrogen-bond donors (Lipinski definition) is 4. The van der Waals surface area contributed by atoms with Crippen molar-refractivity contribution in [1.82, 2.24) is 25.8 Å². The molecule has 0 aliphatic carbocycles. The summed E-state index contributed by atoms with van der Waals surface area (Å²) >= 11 is 1.56. The van der Waals surface area contributed by atoms with Crippen LogP contribution in [0.1, 0.15) is 44.6 Å². The van der Waals surface area contributed by atoms with E-state index in [0.717, 1.165) is 33.5 Å². The van der Waals surface area contributed by atoms with E-state index in [4.69, 9.17) is 5.73 Å². The van der Waals surface area contributed by atoms with Crippen LogP contribution in [0.3, 0.4) is 0 Å². The maximum Gasteiger partial charge on any atom is 0.166 e. The average Bonchev–Trinajstić information content (AvgIpc) is 3.29. The van der Waals surface area contributed by atoms with E-state index in [1.807, 2.05) is 25.3 Å². The summed E-state index contributed by atoms with van der Waals surface area (Å²) in [5.74, 6) is 0.795. The van der Waals surface area contributed by atoms with Gasteiger partial charge >= 0.3 is 0 Å². The Hall–Kier alpha value is -2.38. The molecule has 6 nitrogen and oxygen atoms in total. The number of nitrogens with one attached hydrogen (secondary N) is 3. The summed E-state index contributed by atoms with van der Waals surface area (Å²) < 4.78 is 0. The minimum Gasteiger partial charge on any atom is -0.399 e. The lowest BCUT2D eigenvalue weighted by Gasteiger charge is -2.09. The van der Waals surface area contributed by atoms with Gasteiger partial charge in [0.1, 0.15) is 0 Å². The lowest BCUT2D eigenvalue weighted by Crippen LogP contribution is -2.26. The highest BCUT2D eigenvalue weighted by Crippen LogP contribution is 2.31. The number of imidazole rings is 1. The third-order valence-corrected chi connectivity index (χ3v) is 4.30. The molecule has 7 heteroatoms. The molecule has 2 aromatic heterocycles. The third kappa shape index (κ3) is 4.58. The summed E-state index contributed by atoms with van der Waals surface area (Å²) in [6.07, 6.45) is 6.60. The molecule has 134 valence electrons. The molecule has 0 saturated heterocycles. The number of thiazole rings is 1. The molecule has 0 aromatic carbocycles. The molecule has 1 atom stereocenters. The number of H-pyrrole nitrogens is 1. The fraction of sp³-hybridized carbons (Fsp3) is 0.333. The molecule has 5 N–H and O–H groups in total. The lowest BCUT2D eigenvalue weighted by molar-refractivity contribution is 0.582. The second-order valence-corrected chi connectivity index (χ2v) is 6.69. The Morgan fingerprint density at radius 3 is 2.72 bits per heavy atom. The highest BCUT2D eigenvalue weighted by atomic mass is 32.1. The largest absolute Gasteiger partial charge is 0.399 e. The molecule has 3 heterocycles. The Morgan fingerprint density at radius 1 is 1.40 bits per heavy atom. The normalized spacial score (nSPS) is 17.1. The van der Waals surface area contributed by atoms with Gasteiger partial charge in [0.2, 0.25) is 0 Å². The number of hydrogen-bond acceptors (Lipinski definition) is 6. The van der Waals surface area contributed by atoms with Crippen LogP contribution in [0.15, 0.2) is 47.3 Å². The molecule has 1 aliphatic rings. The lowest BCUT2D eigenvalue weighted by atomic mass is 10.0. The van der Waals surface area contributed by atoms with Gasteiger partial charge in [-0.1, -0.05) is 26.8 Å². The Kier molecular flexibility index (Phi) is 6.55. The van der Waals surface area contributed by atoms with Crippen molar-refractivity contribution in [2.75, 3.05) is 0 Å². The smallest absolute Gasteiger partial charge is 0.166 e. The van der Waals surface area contributed by atoms with Crippen molar-refractivity contribution in [2.24, 2.45) is 5.73 Å². The zero-order valence-corrected chi connectivity index (χ0v) is 16.0. The maximum absolute atomic E-state index is 5.87. The van der Waals surface area contributed by atoms with Crippen LogP contribution >= 0.6 is 11.3 Å². The van der Waals surface area contributed by atoms with E-state index in [1.165, 1.54) is 6.42 Å². The summed E-state index contributed by atoms with van der Waals surface area (Å²) in [4.78, 5) is 12.2. The molecule has 1 aliphatic heterocycles. The number of aryl methyl sites for hydroxylation is 1. The van der Waals surface area contributed by atoms with E-state index < -0.39 is 0 Å². The summed E-state index contributed by atoms with van der Waals surface area (Å²) in [6.45, 7) is 11.9. The number of nitrogens with two attached hydrogens (primary N) is 1. The van der Waals surface area contributed by atoms with Crippen LogP contribution in [0, 0.1) is 6.92 Å². The standard InChI is InChI=1S/C15H18N6S.C3H8/c1-4-10(16)5-11-9(3)20-21-13(11)12-7-22-15(19-12)14-17-6-8(2)18-14;1-3-2/h4-7,13,20-21H,1,16H2,2-3H3,(H,17,18);3H2,1-2H3/b10-5+;. The summed E-state index contributed by atoms with van der Waals surface area (Å²) in [7, 11) is 0. The van der Waals surface area contributed by atoms with E-state index >= 15 is 0 Å². The van der Waals surface area contributed by atoms with E-state index in [0.29, 0.717) is 5.70 Å². The number of allylic oxidation sites excluding steroid dienone is 2. The van der Waals surface area contributed by atoms with Crippen LogP contribution in [0.25, 0.3) is 10.8 Å². The first-order valence-corrected chi connectivity index (χ1v) is 9.17. The van der Waals surface area contributed by atoms with E-state index in [2.05, 4.69) is 46.2 Å². The fourth-order valence-corrected chi connectivity index (χ4v) is 3.05. The van der Waals surface area contributed by atoms with Gasteiger partial charge in [0.15, 0.2) is 10.8 Å². The van der Waals surface area contributed by atoms with Gasteiger partial charge in [-0.25, -0.2) is 15.4 Å². The molecule has 0 fully saturated rings. The van der Waals surface area contributed by atoms with Crippen LogP contribution in [0.5, 0.6) is 0 Å². The molecule has 2 aromatic rings. The Labute approximate surface area is 152 Å². The minimum absolute atomic E-state index is 0.0421. The van der Waals surface area contributed by atoms with E-state index in [-0.39, 0.29) is 6.04 Å². The first-order chi connectivity index (χ1) is 12.0. The molecule has 0 radical (unpaired) electrons. The maximum atomic E-state index is 5.87. The van der Waals surface area contributed by atoms with Gasteiger partial charge in [0.25, 0.3) is 0 Å². The summed E-state index contributed by atoms with van der Waals surface area (Å²) in [5, 5.41) is 2.90. The predicted octanol–water partition coefficient (Wildman–Crippen LogP) is 3.71. The number of nitrogens with zero attached hydrogens (tertiary/aromatic N) is 2. The predicted molar refractivity (Wildman–Crippen MR) is 105 cm³/mol. The third-order valence-electron chi connectivity index (χ3n) is 3.43. The molecule has 0 saturated carbocycles. The van der Waals surface area contributed by atoms with Crippen molar-refractivity contribution in [3.63, 3.8) is 0 Å². The van der Waals surface area contributed by atoms with Crippen LogP contribution in [0.2, 0.25) is 0 Å². The van der Waals surface area contributed by atoms with Crippen LogP contribution < -0.4 is 16.6 Å². The minimum atomic E-state index is -0.0421. The zero-order chi connectivity index (χ0) is 18.4. The first kappa shape index (κ1) is 19.0. The average molecular weight is 359 g/mol. The summed E-state index contributed by atoms with van der Waals surface area (Å²) in [6, 6.07) is -0.0421. The molecule has 0 amide bonds. The topological polar surface area (TPSA) is 91.6 Å². The molecular weight excluding hydrogens is 332 g/mol. The first-order valence-electron chi connectivity index (χ1n) is 8.29. The van der Waals surface area contributed by atoms with Gasteiger partial charge < -0.3 is 16.1 Å². The van der Waals surface area contributed by atoms with Crippen molar-refractivity contribution >= 4 is 11.3 Å². The molecule has 0 bridgehead atoms. The van der Waals surface area contributed by atoms with E-state index in [9.17, 15) is 0 Å². The molecule has 3 rings (SSSR count). The van der Waals surface area contributed by atoms with Gasteiger partial charge in [0.05, 0.1) is 11.7 Å². The Bertz CT molecular complexity index is 783. The second kappa shape index (κ2) is 8.64. The van der Waals surface area contributed by atoms with Crippen LogP contribution in [-0.4, -0.2) is 15.0 Å². The van der Waals surface area contributed by atoms with Crippen LogP contribution in [0.4, 0.5) is 0 Å². The summed E-state index contributed by atoms with van der Waals surface area (Å²) in [5.41, 5.74) is 16.9. The van der Waals surface area contributed by atoms with Crippen LogP contribution in [-0.2, 0) is 0 Å². The SMILES string of the molecule is C=C/C(N)=C\C1=C(C)NNC1c1csc(-c2ncc(C)[nH]2)n1.CCC. The van der Waals surface area contributed by atoms with Gasteiger partial charge in [-0.3, -0.25) is 0 Å². The van der Waals surface area contributed by atoms with Crippen molar-refractivity contribution in [3.05, 3.63) is 58.7 Å².